The molecule has 0 aliphatic carbocycles. The summed E-state index contributed by atoms with van der Waals surface area (Å²) in [6.45, 7) is 5.14. The fraction of sp³-hybridized carbons (Fsp3) is 0.745. The van der Waals surface area contributed by atoms with Gasteiger partial charge in [-0.3, -0.25) is 28.8 Å². The van der Waals surface area contributed by atoms with Crippen molar-refractivity contribution in [3.8, 4) is 0 Å². The van der Waals surface area contributed by atoms with Gasteiger partial charge in [0.15, 0.2) is 5.78 Å². The molecule has 0 spiro atoms. The Morgan fingerprint density at radius 1 is 0.565 bits per heavy atom. The van der Waals surface area contributed by atoms with Gasteiger partial charge in [0.1, 0.15) is 25.0 Å². The minimum atomic E-state index is -0.840. The maximum Gasteiger partial charge on any atom is 0.303 e. The number of aliphatic carboxylic acids is 1. The van der Waals surface area contributed by atoms with E-state index in [1.807, 2.05) is 12.1 Å². The highest BCUT2D eigenvalue weighted by molar-refractivity contribution is 5.94. The molecule has 62 heavy (non-hydrogen) atoms. The molecule has 1 aromatic rings. The van der Waals surface area contributed by atoms with E-state index in [9.17, 15) is 28.8 Å². The van der Waals surface area contributed by atoms with Gasteiger partial charge in [0.05, 0.1) is 26.4 Å². The van der Waals surface area contributed by atoms with Gasteiger partial charge in [-0.05, 0) is 75.6 Å². The Morgan fingerprint density at radius 2 is 1.08 bits per heavy atom. The fourth-order valence-corrected chi connectivity index (χ4v) is 6.54. The number of unbranched alkanes of at least 4 members (excludes halogenated alkanes) is 13. The van der Waals surface area contributed by atoms with Gasteiger partial charge in [-0.2, -0.15) is 0 Å². The Bertz CT molecular complexity index is 1350. The Morgan fingerprint density at radius 3 is 1.65 bits per heavy atom. The van der Waals surface area contributed by atoms with Crippen LogP contribution in [-0.4, -0.2) is 112 Å². The number of amides is 3. The number of carboxylic acids is 1. The third-order valence-electron chi connectivity index (χ3n) is 10.2. The molecule has 1 atom stereocenters. The standard InChI is InChI=1S/C47H80N4O11/c1-2-3-29-49-40-27-25-39(26-28-40)47(58)50-30-17-16-23-43(46(48)57)51-44(54)38-62-36-34-60-32-19-22-42(53)37-61-35-33-59-31-18-21-41(52)20-14-12-10-8-6-4-5-7-9-11-13-15-24-45(55)56/h25-28,43,49H,2-24,29-38H2,1H3,(H2,48,57)(H,50,58)(H,51,54)(H,55,56)/t43-/m0/s1. The zero-order valence-corrected chi connectivity index (χ0v) is 37.8. The highest BCUT2D eigenvalue weighted by Gasteiger charge is 2.18. The van der Waals surface area contributed by atoms with Gasteiger partial charge in [0.2, 0.25) is 11.8 Å². The maximum atomic E-state index is 12.4. The molecule has 0 saturated heterocycles. The summed E-state index contributed by atoms with van der Waals surface area (Å²) in [7, 11) is 0. The molecule has 6 N–H and O–H groups in total. The lowest BCUT2D eigenvalue weighted by molar-refractivity contribution is -0.137. The van der Waals surface area contributed by atoms with Gasteiger partial charge >= 0.3 is 5.97 Å². The Labute approximate surface area is 371 Å². The Kier molecular flexibility index (Phi) is 36.1. The molecule has 0 radical (unpaired) electrons. The molecule has 3 amide bonds. The van der Waals surface area contributed by atoms with Crippen LogP contribution in [0.25, 0.3) is 0 Å². The van der Waals surface area contributed by atoms with Gasteiger partial charge in [0, 0.05) is 63.2 Å². The number of ether oxygens (including phenoxy) is 4. The van der Waals surface area contributed by atoms with Crippen LogP contribution in [0.1, 0.15) is 165 Å². The molecular weight excluding hydrogens is 797 g/mol. The van der Waals surface area contributed by atoms with Crippen LogP contribution in [0, 0.1) is 0 Å². The van der Waals surface area contributed by atoms with Crippen molar-refractivity contribution in [1.29, 1.82) is 0 Å². The summed E-state index contributed by atoms with van der Waals surface area (Å²) in [5.74, 6) is -1.73. The van der Waals surface area contributed by atoms with E-state index in [0.717, 1.165) is 57.2 Å². The molecule has 0 heterocycles. The van der Waals surface area contributed by atoms with Crippen molar-refractivity contribution in [2.24, 2.45) is 5.73 Å². The average molecular weight is 877 g/mol. The minimum absolute atomic E-state index is 0.00695. The zero-order valence-electron chi connectivity index (χ0n) is 37.8. The molecule has 0 fully saturated rings. The van der Waals surface area contributed by atoms with Crippen molar-refractivity contribution in [3.63, 3.8) is 0 Å². The summed E-state index contributed by atoms with van der Waals surface area (Å²) < 4.78 is 21.8. The Balaban J connectivity index is 1.90. The molecule has 15 heteroatoms. The van der Waals surface area contributed by atoms with Crippen LogP contribution in [0.15, 0.2) is 24.3 Å². The van der Waals surface area contributed by atoms with Gasteiger partial charge in [0.25, 0.3) is 5.91 Å². The molecule has 0 aliphatic heterocycles. The molecule has 15 nitrogen and oxygen atoms in total. The third-order valence-corrected chi connectivity index (χ3v) is 10.2. The third kappa shape index (κ3) is 34.6. The molecule has 0 aliphatic rings. The van der Waals surface area contributed by atoms with Crippen LogP contribution in [0.4, 0.5) is 5.69 Å². The van der Waals surface area contributed by atoms with Gasteiger partial charge in [-0.1, -0.05) is 77.6 Å². The quantitative estimate of drug-likeness (QED) is 0.0415. The van der Waals surface area contributed by atoms with E-state index in [-0.39, 0.29) is 50.3 Å². The number of primary amides is 1. The van der Waals surface area contributed by atoms with Crippen LogP contribution in [-0.2, 0) is 42.9 Å². The molecule has 0 bridgehead atoms. The average Bonchev–Trinajstić information content (AvgIpc) is 3.25. The number of nitrogens with two attached hydrogens (primary N) is 1. The van der Waals surface area contributed by atoms with Crippen molar-refractivity contribution in [2.75, 3.05) is 71.3 Å². The topological polar surface area (TPSA) is 222 Å². The number of rotatable bonds is 45. The number of nitrogens with one attached hydrogen (secondary N) is 3. The van der Waals surface area contributed by atoms with E-state index >= 15 is 0 Å². The van der Waals surface area contributed by atoms with Crippen LogP contribution >= 0.6 is 0 Å². The smallest absolute Gasteiger partial charge is 0.303 e. The monoisotopic (exact) mass is 877 g/mol. The van der Waals surface area contributed by atoms with E-state index in [1.165, 1.54) is 44.9 Å². The number of carboxylic acid groups (broad SMARTS) is 1. The second kappa shape index (κ2) is 39.9. The molecule has 354 valence electrons. The largest absolute Gasteiger partial charge is 0.481 e. The van der Waals surface area contributed by atoms with Crippen molar-refractivity contribution in [3.05, 3.63) is 29.8 Å². The highest BCUT2D eigenvalue weighted by Crippen LogP contribution is 2.14. The number of carbonyl (C=O) groups is 6. The first-order chi connectivity index (χ1) is 30.1. The van der Waals surface area contributed by atoms with E-state index in [4.69, 9.17) is 29.8 Å². The van der Waals surface area contributed by atoms with Gasteiger partial charge in [-0.25, -0.2) is 0 Å². The second-order valence-corrected chi connectivity index (χ2v) is 15.9. The normalized spacial score (nSPS) is 11.6. The number of carbonyl (C=O) groups excluding carboxylic acids is 5. The summed E-state index contributed by atoms with van der Waals surface area (Å²) in [5.41, 5.74) is 7.02. The van der Waals surface area contributed by atoms with Crippen LogP contribution in [0.3, 0.4) is 0 Å². The lowest BCUT2D eigenvalue weighted by Crippen LogP contribution is -2.45. The highest BCUT2D eigenvalue weighted by atomic mass is 16.5. The SMILES string of the molecule is CCCCNc1ccc(C(=O)NCCCC[C@H](NC(=O)COCCOCCCC(=O)COCCOCCCC(=O)CCCCCCCCCCCCCCC(=O)O)C(N)=O)cc1. The van der Waals surface area contributed by atoms with E-state index in [1.54, 1.807) is 12.1 Å². The molecular formula is C47H80N4O11. The zero-order chi connectivity index (χ0) is 45.3. The number of hydrogen-bond acceptors (Lipinski definition) is 11. The van der Waals surface area contributed by atoms with Gasteiger partial charge in [-0.15, -0.1) is 0 Å². The van der Waals surface area contributed by atoms with Crippen molar-refractivity contribution in [1.82, 2.24) is 10.6 Å². The number of benzene rings is 1. The van der Waals surface area contributed by atoms with Crippen molar-refractivity contribution < 1.29 is 52.8 Å². The van der Waals surface area contributed by atoms with Gasteiger partial charge < -0.3 is 45.7 Å². The number of anilines is 1. The number of ketones is 2. The first kappa shape index (κ1) is 56.1. The Hall–Kier alpha value is -3.92. The van der Waals surface area contributed by atoms with Crippen molar-refractivity contribution >= 4 is 40.9 Å². The molecule has 1 aromatic carbocycles. The van der Waals surface area contributed by atoms with E-state index < -0.39 is 23.8 Å². The molecule has 0 aromatic heterocycles. The number of hydrogen-bond donors (Lipinski definition) is 5. The molecule has 1 rings (SSSR count). The van der Waals surface area contributed by atoms with Crippen LogP contribution < -0.4 is 21.7 Å². The van der Waals surface area contributed by atoms with Crippen LogP contribution in [0.5, 0.6) is 0 Å². The maximum absolute atomic E-state index is 12.4. The summed E-state index contributed by atoms with van der Waals surface area (Å²) in [4.78, 5) is 71.3. The summed E-state index contributed by atoms with van der Waals surface area (Å²) >= 11 is 0. The first-order valence-electron chi connectivity index (χ1n) is 23.4. The summed E-state index contributed by atoms with van der Waals surface area (Å²) in [5, 5.41) is 17.4. The lowest BCUT2D eigenvalue weighted by Gasteiger charge is -2.15. The molecule has 0 unspecified atom stereocenters. The fourth-order valence-electron chi connectivity index (χ4n) is 6.54. The minimum Gasteiger partial charge on any atom is -0.481 e. The van der Waals surface area contributed by atoms with Crippen LogP contribution in [0.2, 0.25) is 0 Å². The first-order valence-corrected chi connectivity index (χ1v) is 23.4. The second-order valence-electron chi connectivity index (χ2n) is 15.9. The summed E-state index contributed by atoms with van der Waals surface area (Å²) in [6, 6.07) is 6.48. The predicted molar refractivity (Wildman–Crippen MR) is 241 cm³/mol. The summed E-state index contributed by atoms with van der Waals surface area (Å²) in [6.07, 6.45) is 20.2. The number of Topliss-reactive ketones (excluding diaryl/α,β-unsaturated/α-hetero) is 2. The predicted octanol–water partition coefficient (Wildman–Crippen LogP) is 7.08. The lowest BCUT2D eigenvalue weighted by atomic mass is 10.0. The molecule has 0 saturated carbocycles. The van der Waals surface area contributed by atoms with Crippen molar-refractivity contribution in [2.45, 2.75) is 161 Å². The van der Waals surface area contributed by atoms with E-state index in [2.05, 4.69) is 22.9 Å². The van der Waals surface area contributed by atoms with E-state index in [0.29, 0.717) is 89.9 Å².